The van der Waals surface area contributed by atoms with Crippen molar-refractivity contribution >= 4 is 14.4 Å². The summed E-state index contributed by atoms with van der Waals surface area (Å²) in [6.07, 6.45) is -37.6. The van der Waals surface area contributed by atoms with Gasteiger partial charge in [-0.3, -0.25) is 0 Å². The van der Waals surface area contributed by atoms with Crippen molar-refractivity contribution < 1.29 is 149 Å². The van der Waals surface area contributed by atoms with Crippen molar-refractivity contribution in [1.29, 1.82) is 0 Å². The molecule has 0 aliphatic heterocycles. The molecule has 0 bridgehead atoms. The van der Waals surface area contributed by atoms with Gasteiger partial charge in [0.1, 0.15) is 0 Å². The SMILES string of the molecule is FC(F)(F)C(F)(F)P(F)(F)(C(F)(F)C(F)(F)F)C(F)(F)C(F)(F)C(F)(F)C(F)(F)C(F)(F)P(F)(F)(C(F)(F)C(F)(F)F)C(F)(F)C(F)(F)F. The second-order valence-electron chi connectivity index (χ2n) is 8.77. The number of alkyl halides is 30. The predicted octanol–water partition coefficient (Wildman–Crippen LogP) is 13.3. The predicted molar refractivity (Wildman–Crippen MR) is 87.0 cm³/mol. The fourth-order valence-corrected chi connectivity index (χ4v) is 8.18. The van der Waals surface area contributed by atoms with Gasteiger partial charge in [-0.1, -0.05) is 0 Å². The van der Waals surface area contributed by atoms with Gasteiger partial charge in [-0.2, -0.15) is 0 Å². The molecule has 0 atom stereocenters. The van der Waals surface area contributed by atoms with Gasteiger partial charge in [0.15, 0.2) is 0 Å². The van der Waals surface area contributed by atoms with Crippen LogP contribution in [0.5, 0.6) is 0 Å². The van der Waals surface area contributed by atoms with Crippen molar-refractivity contribution in [1.82, 2.24) is 0 Å². The molecule has 0 heterocycles. The van der Waals surface area contributed by atoms with Crippen LogP contribution in [0.4, 0.5) is 149 Å². The first kappa shape index (κ1) is 47.5. The zero-order chi connectivity index (χ0) is 41.4. The fourth-order valence-electron chi connectivity index (χ4n) is 3.02. The molecule has 0 rings (SSSR count). The van der Waals surface area contributed by atoms with Gasteiger partial charge in [0.05, 0.1) is 0 Å². The van der Waals surface area contributed by atoms with E-state index >= 15 is 0 Å². The summed E-state index contributed by atoms with van der Waals surface area (Å²) in [6, 6.07) is 0. The first-order valence-electron chi connectivity index (χ1n) is 9.69. The Balaban J connectivity index is 8.91. The molecule has 0 saturated heterocycles. The second kappa shape index (κ2) is 10.3. The Morgan fingerprint density at radius 1 is 0.184 bits per heavy atom. The zero-order valence-corrected chi connectivity index (χ0v) is 22.0. The van der Waals surface area contributed by atoms with Crippen LogP contribution in [0.1, 0.15) is 0 Å². The average Bonchev–Trinajstić information content (AvgIpc) is 2.79. The molecular weight excluding hydrogens is 864 g/mol. The van der Waals surface area contributed by atoms with Crippen LogP contribution in [0.3, 0.4) is 0 Å². The zero-order valence-electron chi connectivity index (χ0n) is 20.2. The van der Waals surface area contributed by atoms with Gasteiger partial charge in [0.25, 0.3) is 0 Å². The average molecular weight is 864 g/mol. The Morgan fingerprint density at radius 2 is 0.306 bits per heavy atom. The van der Waals surface area contributed by atoms with Crippen molar-refractivity contribution in [2.45, 2.75) is 76.5 Å². The maximum atomic E-state index is 14.4. The van der Waals surface area contributed by atoms with E-state index in [4.69, 9.17) is 0 Å². The van der Waals surface area contributed by atoms with E-state index in [2.05, 4.69) is 0 Å². The van der Waals surface area contributed by atoms with Crippen molar-refractivity contribution in [3.05, 3.63) is 0 Å². The molecule has 0 radical (unpaired) electrons. The fraction of sp³-hybridized carbons (Fsp3) is 1.00. The quantitative estimate of drug-likeness (QED) is 0.152. The summed E-state index contributed by atoms with van der Waals surface area (Å²) in [7, 11) is -29.4. The minimum atomic E-state index is -14.7. The molecule has 0 saturated carbocycles. The molecule has 300 valence electrons. The standard InChI is InChI=1S/C13F34P2/c14-1(15,2(16,17)8(32,33)48(44,45,10(36,37)4(20,21)22)11(38,39)5(23,24)25)3(18,19)9(34,35)49(46,47,12(40,41)6(26,27)28)13(42,43)7(29,30)31. The van der Waals surface area contributed by atoms with Gasteiger partial charge in [-0.05, 0) is 0 Å². The molecule has 0 aromatic heterocycles. The number of hydrogen-bond acceptors (Lipinski definition) is 0. The van der Waals surface area contributed by atoms with Gasteiger partial charge in [-0.25, -0.2) is 0 Å². The summed E-state index contributed by atoms with van der Waals surface area (Å²) in [5.41, 5.74) is -64.0. The van der Waals surface area contributed by atoms with Crippen LogP contribution < -0.4 is 0 Å². The molecule has 0 fully saturated rings. The molecule has 0 nitrogen and oxygen atoms in total. The maximum absolute atomic E-state index is 14.7. The Kier molecular flexibility index (Phi) is 10.0. The molecule has 0 N–H and O–H groups in total. The molecule has 49 heavy (non-hydrogen) atoms. The van der Waals surface area contributed by atoms with Crippen LogP contribution in [0.25, 0.3) is 0 Å². The molecule has 0 aromatic carbocycles. The van der Waals surface area contributed by atoms with Gasteiger partial charge in [0, 0.05) is 0 Å². The van der Waals surface area contributed by atoms with Crippen LogP contribution in [0.2, 0.25) is 0 Å². The van der Waals surface area contributed by atoms with E-state index in [9.17, 15) is 149 Å². The third-order valence-electron chi connectivity index (χ3n) is 5.87. The van der Waals surface area contributed by atoms with Crippen LogP contribution in [0.15, 0.2) is 0 Å². The Bertz CT molecular complexity index is 1110. The summed E-state index contributed by atoms with van der Waals surface area (Å²) < 4.78 is 454. The van der Waals surface area contributed by atoms with Crippen molar-refractivity contribution in [2.75, 3.05) is 0 Å². The van der Waals surface area contributed by atoms with Gasteiger partial charge in [0.2, 0.25) is 0 Å². The molecule has 0 spiro atoms. The Morgan fingerprint density at radius 3 is 0.408 bits per heavy atom. The first-order valence-corrected chi connectivity index (χ1v) is 13.7. The molecule has 36 heteroatoms. The van der Waals surface area contributed by atoms with Crippen LogP contribution in [0, 0.1) is 0 Å². The third-order valence-corrected chi connectivity index (χ3v) is 13.4. The number of rotatable bonds is 10. The third kappa shape index (κ3) is 4.53. The van der Waals surface area contributed by atoms with E-state index in [1.165, 1.54) is 0 Å². The summed E-state index contributed by atoms with van der Waals surface area (Å²) in [6.45, 7) is 0. The molecular formula is C13F34P2. The summed E-state index contributed by atoms with van der Waals surface area (Å²) in [5, 5.41) is 0. The molecule has 0 aromatic rings. The Hall–Kier alpha value is -1.52. The molecule has 0 aliphatic rings. The van der Waals surface area contributed by atoms with E-state index in [0.717, 1.165) is 0 Å². The molecule has 0 aliphatic carbocycles. The first-order chi connectivity index (χ1) is 20.1. The number of hydrogen-bond donors (Lipinski definition) is 0. The van der Waals surface area contributed by atoms with E-state index in [1.54, 1.807) is 0 Å². The van der Waals surface area contributed by atoms with Gasteiger partial charge >= 0.3 is 239 Å². The van der Waals surface area contributed by atoms with Crippen molar-refractivity contribution in [3.63, 3.8) is 0 Å². The van der Waals surface area contributed by atoms with Crippen LogP contribution in [-0.2, 0) is 0 Å². The van der Waals surface area contributed by atoms with Crippen molar-refractivity contribution in [3.8, 4) is 0 Å². The monoisotopic (exact) mass is 864 g/mol. The molecule has 0 amide bonds. The summed E-state index contributed by atoms with van der Waals surface area (Å²) >= 11 is 0. The van der Waals surface area contributed by atoms with E-state index in [-0.39, 0.29) is 0 Å². The normalized spacial score (nSPS) is 18.9. The van der Waals surface area contributed by atoms with E-state index in [1.807, 2.05) is 0 Å². The number of halogens is 34. The summed E-state index contributed by atoms with van der Waals surface area (Å²) in [4.78, 5) is 0. The van der Waals surface area contributed by atoms with Crippen molar-refractivity contribution in [2.24, 2.45) is 0 Å². The summed E-state index contributed by atoms with van der Waals surface area (Å²) in [5.74, 6) is -33.0. The minimum absolute atomic E-state index is 9.39. The van der Waals surface area contributed by atoms with Gasteiger partial charge < -0.3 is 0 Å². The van der Waals surface area contributed by atoms with E-state index < -0.39 is 90.9 Å². The topological polar surface area (TPSA) is 0 Å². The van der Waals surface area contributed by atoms with Crippen LogP contribution in [-0.4, -0.2) is 76.5 Å². The molecule has 0 unspecified atom stereocenters. The van der Waals surface area contributed by atoms with E-state index in [0.29, 0.717) is 0 Å². The van der Waals surface area contributed by atoms with Gasteiger partial charge in [-0.15, -0.1) is 0 Å². The van der Waals surface area contributed by atoms with Crippen LogP contribution >= 0.6 is 14.4 Å². The Labute approximate surface area is 241 Å². The second-order valence-corrected chi connectivity index (χ2v) is 15.8.